The van der Waals surface area contributed by atoms with Crippen molar-refractivity contribution in [1.29, 1.82) is 0 Å². The quantitative estimate of drug-likeness (QED) is 0.717. The predicted molar refractivity (Wildman–Crippen MR) is 106 cm³/mol. The molecule has 0 aliphatic carbocycles. The van der Waals surface area contributed by atoms with Crippen LogP contribution in [0.5, 0.6) is 0 Å². The molecule has 3 rings (SSSR count). The molecule has 27 heavy (non-hydrogen) atoms. The van der Waals surface area contributed by atoms with Gasteiger partial charge in [0.1, 0.15) is 0 Å². The van der Waals surface area contributed by atoms with Crippen LogP contribution >= 0.6 is 0 Å². The summed E-state index contributed by atoms with van der Waals surface area (Å²) < 4.78 is 27.4. The molecule has 1 fully saturated rings. The molecule has 5 nitrogen and oxygen atoms in total. The van der Waals surface area contributed by atoms with Crippen LogP contribution in [0.1, 0.15) is 29.8 Å². The highest BCUT2D eigenvalue weighted by Crippen LogP contribution is 2.21. The summed E-state index contributed by atoms with van der Waals surface area (Å²) in [6.45, 7) is 6.15. The van der Waals surface area contributed by atoms with Crippen molar-refractivity contribution in [3.8, 4) is 0 Å². The average molecular weight is 387 g/mol. The van der Waals surface area contributed by atoms with E-state index in [1.807, 2.05) is 18.2 Å². The number of carbonyl (C=O) groups is 1. The molecule has 2 aromatic rings. The molecule has 0 N–H and O–H groups in total. The van der Waals surface area contributed by atoms with Crippen molar-refractivity contribution in [2.24, 2.45) is 0 Å². The molecule has 6 heteroatoms. The highest BCUT2D eigenvalue weighted by atomic mass is 32.2. The summed E-state index contributed by atoms with van der Waals surface area (Å²) in [6, 6.07) is 16.7. The normalized spacial score (nSPS) is 19.1. The molecular weight excluding hydrogens is 360 g/mol. The van der Waals surface area contributed by atoms with E-state index in [9.17, 15) is 13.2 Å². The van der Waals surface area contributed by atoms with Crippen LogP contribution < -0.4 is 0 Å². The Morgan fingerprint density at radius 3 is 2.30 bits per heavy atom. The Balaban J connectivity index is 1.63. The van der Waals surface area contributed by atoms with Crippen molar-refractivity contribution in [3.05, 3.63) is 65.7 Å². The molecule has 0 radical (unpaired) electrons. The van der Waals surface area contributed by atoms with Gasteiger partial charge >= 0.3 is 0 Å². The van der Waals surface area contributed by atoms with Gasteiger partial charge in [-0.15, -0.1) is 0 Å². The van der Waals surface area contributed by atoms with Crippen LogP contribution in [0, 0.1) is 0 Å². The average Bonchev–Trinajstić information content (AvgIpc) is 2.68. The van der Waals surface area contributed by atoms with Crippen LogP contribution in [0.15, 0.2) is 59.5 Å². The van der Waals surface area contributed by atoms with Crippen molar-refractivity contribution in [3.63, 3.8) is 0 Å². The third kappa shape index (κ3) is 4.64. The first-order valence-electron chi connectivity index (χ1n) is 9.27. The van der Waals surface area contributed by atoms with Gasteiger partial charge in [0.15, 0.2) is 5.78 Å². The van der Waals surface area contributed by atoms with Crippen LogP contribution in [0.3, 0.4) is 0 Å². The number of sulfonamides is 1. The molecule has 1 saturated heterocycles. The first-order chi connectivity index (χ1) is 12.9. The van der Waals surface area contributed by atoms with E-state index in [2.05, 4.69) is 24.0 Å². The van der Waals surface area contributed by atoms with Crippen LogP contribution in [0.2, 0.25) is 0 Å². The van der Waals surface area contributed by atoms with Gasteiger partial charge in [0.2, 0.25) is 10.0 Å². The van der Waals surface area contributed by atoms with Gasteiger partial charge in [0.25, 0.3) is 0 Å². The van der Waals surface area contributed by atoms with E-state index in [0.717, 1.165) is 19.5 Å². The number of hydrogen-bond donors (Lipinski definition) is 0. The Morgan fingerprint density at radius 2 is 1.70 bits per heavy atom. The third-order valence-electron chi connectivity index (χ3n) is 5.16. The van der Waals surface area contributed by atoms with Gasteiger partial charge in [-0.1, -0.05) is 42.5 Å². The Hall–Kier alpha value is -2.02. The maximum Gasteiger partial charge on any atom is 0.243 e. The number of carbonyl (C=O) groups excluding carboxylic acids is 1. The number of piperazine rings is 1. The molecule has 144 valence electrons. The van der Waals surface area contributed by atoms with E-state index in [4.69, 9.17) is 0 Å². The predicted octanol–water partition coefficient (Wildman–Crippen LogP) is 2.83. The smallest absolute Gasteiger partial charge is 0.243 e. The lowest BCUT2D eigenvalue weighted by Gasteiger charge is -2.39. The fraction of sp³-hybridized carbons (Fsp3) is 0.381. The number of nitrogens with zero attached hydrogens (tertiary/aromatic N) is 2. The third-order valence-corrected chi connectivity index (χ3v) is 7.04. The summed E-state index contributed by atoms with van der Waals surface area (Å²) in [5.41, 5.74) is 1.82. The molecule has 1 aliphatic heterocycles. The van der Waals surface area contributed by atoms with E-state index in [1.165, 1.54) is 24.6 Å². The molecule has 0 spiro atoms. The first-order valence-corrected chi connectivity index (χ1v) is 10.7. The summed E-state index contributed by atoms with van der Waals surface area (Å²) in [5, 5.41) is 0. The number of ketones is 1. The van der Waals surface area contributed by atoms with Crippen molar-refractivity contribution >= 4 is 15.8 Å². The zero-order chi connectivity index (χ0) is 19.4. The van der Waals surface area contributed by atoms with Crippen molar-refractivity contribution in [1.82, 2.24) is 9.21 Å². The molecule has 1 heterocycles. The summed E-state index contributed by atoms with van der Waals surface area (Å²) >= 11 is 0. The summed E-state index contributed by atoms with van der Waals surface area (Å²) in [6.07, 6.45) is 0.963. The molecule has 0 amide bonds. The molecule has 1 atom stereocenters. The zero-order valence-electron chi connectivity index (χ0n) is 15.8. The Kier molecular flexibility index (Phi) is 6.09. The minimum atomic E-state index is -3.53. The molecule has 0 aromatic heterocycles. The largest absolute Gasteiger partial charge is 0.298 e. The second kappa shape index (κ2) is 8.33. The standard InChI is InChI=1S/C21H26N2O3S/c1-17-16-23(15-14-22(17)13-12-19-6-4-3-5-7-19)27(25,26)21-10-8-20(9-11-21)18(2)24/h3-11,17H,12-16H2,1-2H3. The highest BCUT2D eigenvalue weighted by Gasteiger charge is 2.32. The van der Waals surface area contributed by atoms with Gasteiger partial charge in [0.05, 0.1) is 4.90 Å². The maximum absolute atomic E-state index is 12.9. The van der Waals surface area contributed by atoms with E-state index >= 15 is 0 Å². The van der Waals surface area contributed by atoms with Crippen LogP contribution in [-0.4, -0.2) is 55.6 Å². The van der Waals surface area contributed by atoms with Crippen LogP contribution in [-0.2, 0) is 16.4 Å². The topological polar surface area (TPSA) is 57.7 Å². The molecule has 1 aliphatic rings. The Labute approximate surface area is 161 Å². The van der Waals surface area contributed by atoms with Gasteiger partial charge in [0, 0.05) is 37.8 Å². The number of rotatable bonds is 6. The number of hydrogen-bond acceptors (Lipinski definition) is 4. The molecule has 2 aromatic carbocycles. The maximum atomic E-state index is 12.9. The van der Waals surface area contributed by atoms with Crippen LogP contribution in [0.25, 0.3) is 0 Å². The van der Waals surface area contributed by atoms with Crippen LogP contribution in [0.4, 0.5) is 0 Å². The lowest BCUT2D eigenvalue weighted by Crippen LogP contribution is -2.53. The van der Waals surface area contributed by atoms with Gasteiger partial charge in [-0.05, 0) is 38.0 Å². The fourth-order valence-electron chi connectivity index (χ4n) is 3.44. The van der Waals surface area contributed by atoms with E-state index in [-0.39, 0.29) is 16.7 Å². The molecule has 0 saturated carbocycles. The van der Waals surface area contributed by atoms with Crippen molar-refractivity contribution in [2.45, 2.75) is 31.2 Å². The second-order valence-electron chi connectivity index (χ2n) is 7.06. The zero-order valence-corrected chi connectivity index (χ0v) is 16.7. The van der Waals surface area contributed by atoms with Gasteiger partial charge in [-0.3, -0.25) is 9.69 Å². The van der Waals surface area contributed by atoms with E-state index in [1.54, 1.807) is 16.4 Å². The van der Waals surface area contributed by atoms with Gasteiger partial charge < -0.3 is 0 Å². The Bertz CT molecular complexity index is 879. The van der Waals surface area contributed by atoms with E-state index in [0.29, 0.717) is 18.7 Å². The highest BCUT2D eigenvalue weighted by molar-refractivity contribution is 7.89. The molecular formula is C21H26N2O3S. The summed E-state index contributed by atoms with van der Waals surface area (Å²) in [4.78, 5) is 14.0. The van der Waals surface area contributed by atoms with Gasteiger partial charge in [-0.25, -0.2) is 8.42 Å². The monoisotopic (exact) mass is 386 g/mol. The minimum Gasteiger partial charge on any atom is -0.298 e. The number of benzene rings is 2. The first kappa shape index (κ1) is 19.7. The summed E-state index contributed by atoms with van der Waals surface area (Å²) in [5.74, 6) is -0.0698. The lowest BCUT2D eigenvalue weighted by atomic mass is 10.1. The van der Waals surface area contributed by atoms with Crippen molar-refractivity contribution in [2.75, 3.05) is 26.2 Å². The molecule has 0 bridgehead atoms. The SMILES string of the molecule is CC(=O)c1ccc(S(=O)(=O)N2CCN(CCc3ccccc3)C(C)C2)cc1. The number of Topliss-reactive ketones (excluding diaryl/α,β-unsaturated/α-hetero) is 1. The Morgan fingerprint density at radius 1 is 1.04 bits per heavy atom. The van der Waals surface area contributed by atoms with E-state index < -0.39 is 10.0 Å². The lowest BCUT2D eigenvalue weighted by molar-refractivity contribution is 0.101. The molecule has 1 unspecified atom stereocenters. The minimum absolute atomic E-state index is 0.0698. The van der Waals surface area contributed by atoms with Crippen molar-refractivity contribution < 1.29 is 13.2 Å². The second-order valence-corrected chi connectivity index (χ2v) is 9.00. The van der Waals surface area contributed by atoms with Gasteiger partial charge in [-0.2, -0.15) is 4.31 Å². The fourth-order valence-corrected chi connectivity index (χ4v) is 4.95. The summed E-state index contributed by atoms with van der Waals surface area (Å²) in [7, 11) is -3.53.